The second kappa shape index (κ2) is 7.80. The summed E-state index contributed by atoms with van der Waals surface area (Å²) < 4.78 is 0. The van der Waals surface area contributed by atoms with Gasteiger partial charge in [0.1, 0.15) is 0 Å². The van der Waals surface area contributed by atoms with Gasteiger partial charge in [-0.05, 0) is 50.6 Å². The van der Waals surface area contributed by atoms with Crippen molar-refractivity contribution in [2.75, 3.05) is 18.4 Å². The molecule has 1 aliphatic heterocycles. The van der Waals surface area contributed by atoms with Crippen LogP contribution in [0.25, 0.3) is 0 Å². The van der Waals surface area contributed by atoms with Crippen molar-refractivity contribution in [2.45, 2.75) is 45.1 Å². The molecule has 1 saturated heterocycles. The summed E-state index contributed by atoms with van der Waals surface area (Å²) in [5.41, 5.74) is 1.36. The summed E-state index contributed by atoms with van der Waals surface area (Å²) in [7, 11) is 0. The van der Waals surface area contributed by atoms with E-state index in [1.165, 1.54) is 25.7 Å². The SMILES string of the molecule is CC1CCCCCN1CCC(=O)Nc1ccc(C#N)cc1. The molecule has 112 valence electrons. The topological polar surface area (TPSA) is 56.1 Å². The zero-order chi connectivity index (χ0) is 15.1. The predicted octanol–water partition coefficient (Wildman–Crippen LogP) is 3.15. The highest BCUT2D eigenvalue weighted by molar-refractivity contribution is 5.90. The standard InChI is InChI=1S/C17H23N3O/c1-14-5-3-2-4-11-20(14)12-10-17(21)19-16-8-6-15(13-18)7-9-16/h6-9,14H,2-5,10-12H2,1H3,(H,19,21). The minimum atomic E-state index is 0.0381. The molecular weight excluding hydrogens is 262 g/mol. The fraction of sp³-hybridized carbons (Fsp3) is 0.529. The maximum absolute atomic E-state index is 12.0. The molecule has 4 heteroatoms. The Morgan fingerprint density at radius 1 is 1.33 bits per heavy atom. The second-order valence-corrected chi connectivity index (χ2v) is 5.72. The quantitative estimate of drug-likeness (QED) is 0.924. The lowest BCUT2D eigenvalue weighted by Crippen LogP contribution is -2.35. The first-order valence-corrected chi connectivity index (χ1v) is 7.73. The fourth-order valence-electron chi connectivity index (χ4n) is 2.76. The molecule has 0 saturated carbocycles. The summed E-state index contributed by atoms with van der Waals surface area (Å²) >= 11 is 0. The molecule has 0 aliphatic carbocycles. The number of nitriles is 1. The Morgan fingerprint density at radius 2 is 2.10 bits per heavy atom. The number of hydrogen-bond acceptors (Lipinski definition) is 3. The van der Waals surface area contributed by atoms with Gasteiger partial charge in [-0.1, -0.05) is 12.8 Å². The van der Waals surface area contributed by atoms with E-state index >= 15 is 0 Å². The van der Waals surface area contributed by atoms with Crippen LogP contribution < -0.4 is 5.32 Å². The highest BCUT2D eigenvalue weighted by Gasteiger charge is 2.17. The summed E-state index contributed by atoms with van der Waals surface area (Å²) in [6.07, 6.45) is 5.59. The van der Waals surface area contributed by atoms with Gasteiger partial charge in [0.05, 0.1) is 11.6 Å². The van der Waals surface area contributed by atoms with Crippen LogP contribution >= 0.6 is 0 Å². The number of nitrogens with zero attached hydrogens (tertiary/aromatic N) is 2. The van der Waals surface area contributed by atoms with E-state index < -0.39 is 0 Å². The Balaban J connectivity index is 1.79. The van der Waals surface area contributed by atoms with Crippen LogP contribution in [0.2, 0.25) is 0 Å². The van der Waals surface area contributed by atoms with Crippen molar-refractivity contribution in [3.05, 3.63) is 29.8 Å². The molecule has 21 heavy (non-hydrogen) atoms. The number of carbonyl (C=O) groups is 1. The lowest BCUT2D eigenvalue weighted by Gasteiger charge is -2.26. The number of carbonyl (C=O) groups excluding carboxylic acids is 1. The summed E-state index contributed by atoms with van der Waals surface area (Å²) in [6, 6.07) is 9.61. The molecule has 1 unspecified atom stereocenters. The average molecular weight is 285 g/mol. The number of hydrogen-bond donors (Lipinski definition) is 1. The minimum Gasteiger partial charge on any atom is -0.326 e. The molecule has 0 spiro atoms. The Bertz CT molecular complexity index is 504. The smallest absolute Gasteiger partial charge is 0.225 e. The number of anilines is 1. The zero-order valence-corrected chi connectivity index (χ0v) is 12.6. The normalized spacial score (nSPS) is 19.5. The van der Waals surface area contributed by atoms with E-state index in [9.17, 15) is 4.79 Å². The number of benzene rings is 1. The third-order valence-electron chi connectivity index (χ3n) is 4.11. The molecule has 1 aromatic rings. The summed E-state index contributed by atoms with van der Waals surface area (Å²) in [6.45, 7) is 4.18. The van der Waals surface area contributed by atoms with Crippen LogP contribution in [0.3, 0.4) is 0 Å². The van der Waals surface area contributed by atoms with Crippen LogP contribution in [0.5, 0.6) is 0 Å². The highest BCUT2D eigenvalue weighted by Crippen LogP contribution is 2.16. The summed E-state index contributed by atoms with van der Waals surface area (Å²) in [5.74, 6) is 0.0381. The van der Waals surface area contributed by atoms with Gasteiger partial charge < -0.3 is 10.2 Å². The molecule has 1 aromatic carbocycles. The van der Waals surface area contributed by atoms with Crippen molar-refractivity contribution < 1.29 is 4.79 Å². The first kappa shape index (κ1) is 15.5. The van der Waals surface area contributed by atoms with E-state index in [1.54, 1.807) is 24.3 Å². The van der Waals surface area contributed by atoms with Gasteiger partial charge in [-0.15, -0.1) is 0 Å². The van der Waals surface area contributed by atoms with Crippen LogP contribution in [-0.2, 0) is 4.79 Å². The van der Waals surface area contributed by atoms with Crippen LogP contribution in [0.1, 0.15) is 44.6 Å². The van der Waals surface area contributed by atoms with Crippen molar-refractivity contribution >= 4 is 11.6 Å². The number of rotatable bonds is 4. The van der Waals surface area contributed by atoms with Crippen LogP contribution in [0, 0.1) is 11.3 Å². The molecule has 1 atom stereocenters. The van der Waals surface area contributed by atoms with E-state index in [4.69, 9.17) is 5.26 Å². The van der Waals surface area contributed by atoms with Gasteiger partial charge in [0.15, 0.2) is 0 Å². The Kier molecular flexibility index (Phi) is 5.77. The monoisotopic (exact) mass is 285 g/mol. The number of amides is 1. The number of nitrogens with one attached hydrogen (secondary N) is 1. The lowest BCUT2D eigenvalue weighted by molar-refractivity contribution is -0.116. The van der Waals surface area contributed by atoms with Gasteiger partial charge >= 0.3 is 0 Å². The van der Waals surface area contributed by atoms with Gasteiger partial charge in [-0.2, -0.15) is 5.26 Å². The maximum Gasteiger partial charge on any atom is 0.225 e. The molecule has 0 aromatic heterocycles. The highest BCUT2D eigenvalue weighted by atomic mass is 16.1. The van der Waals surface area contributed by atoms with Gasteiger partial charge in [0, 0.05) is 24.7 Å². The Morgan fingerprint density at radius 3 is 2.81 bits per heavy atom. The van der Waals surface area contributed by atoms with E-state index in [0.717, 1.165) is 18.8 Å². The van der Waals surface area contributed by atoms with Gasteiger partial charge in [-0.25, -0.2) is 0 Å². The van der Waals surface area contributed by atoms with Crippen molar-refractivity contribution in [3.63, 3.8) is 0 Å². The van der Waals surface area contributed by atoms with Gasteiger partial charge in [0.2, 0.25) is 5.91 Å². The van der Waals surface area contributed by atoms with Gasteiger partial charge in [-0.3, -0.25) is 4.79 Å². The fourth-order valence-corrected chi connectivity index (χ4v) is 2.76. The second-order valence-electron chi connectivity index (χ2n) is 5.72. The molecule has 0 radical (unpaired) electrons. The lowest BCUT2D eigenvalue weighted by atomic mass is 10.1. The number of likely N-dealkylation sites (tertiary alicyclic amines) is 1. The molecule has 2 rings (SSSR count). The van der Waals surface area contributed by atoms with Crippen LogP contribution in [-0.4, -0.2) is 29.9 Å². The van der Waals surface area contributed by atoms with Crippen molar-refractivity contribution in [3.8, 4) is 6.07 Å². The molecule has 1 aliphatic rings. The summed E-state index contributed by atoms with van der Waals surface area (Å²) in [4.78, 5) is 14.4. The van der Waals surface area contributed by atoms with E-state index in [1.807, 2.05) is 0 Å². The van der Waals surface area contributed by atoms with Gasteiger partial charge in [0.25, 0.3) is 0 Å². The minimum absolute atomic E-state index is 0.0381. The zero-order valence-electron chi connectivity index (χ0n) is 12.6. The maximum atomic E-state index is 12.0. The molecular formula is C17H23N3O. The molecule has 1 fully saturated rings. The predicted molar refractivity (Wildman–Crippen MR) is 83.9 cm³/mol. The van der Waals surface area contributed by atoms with Crippen LogP contribution in [0.15, 0.2) is 24.3 Å². The van der Waals surface area contributed by atoms with Crippen molar-refractivity contribution in [1.82, 2.24) is 4.90 Å². The van der Waals surface area contributed by atoms with Crippen molar-refractivity contribution in [2.24, 2.45) is 0 Å². The third-order valence-corrected chi connectivity index (χ3v) is 4.11. The summed E-state index contributed by atoms with van der Waals surface area (Å²) in [5, 5.41) is 11.6. The molecule has 4 nitrogen and oxygen atoms in total. The van der Waals surface area contributed by atoms with E-state index in [0.29, 0.717) is 18.0 Å². The molecule has 1 N–H and O–H groups in total. The first-order valence-electron chi connectivity index (χ1n) is 7.73. The molecule has 1 amide bonds. The largest absolute Gasteiger partial charge is 0.326 e. The van der Waals surface area contributed by atoms with Crippen LogP contribution in [0.4, 0.5) is 5.69 Å². The third kappa shape index (κ3) is 4.87. The average Bonchev–Trinajstić information content (AvgIpc) is 2.70. The van der Waals surface area contributed by atoms with Crippen molar-refractivity contribution in [1.29, 1.82) is 5.26 Å². The molecule has 1 heterocycles. The molecule has 0 bridgehead atoms. The Labute approximate surface area is 126 Å². The van der Waals surface area contributed by atoms with E-state index in [-0.39, 0.29) is 5.91 Å². The first-order chi connectivity index (χ1) is 10.2. The Hall–Kier alpha value is -1.86. The van der Waals surface area contributed by atoms with E-state index in [2.05, 4.69) is 23.2 Å².